The highest BCUT2D eigenvalue weighted by molar-refractivity contribution is 5.92. The first-order chi connectivity index (χ1) is 12.8. The number of nitrogens with zero attached hydrogens (tertiary/aromatic N) is 2. The van der Waals surface area contributed by atoms with Gasteiger partial charge in [-0.2, -0.15) is 0 Å². The molecule has 2 saturated heterocycles. The summed E-state index contributed by atoms with van der Waals surface area (Å²) in [6.45, 7) is 5.04. The molecule has 1 aromatic rings. The van der Waals surface area contributed by atoms with Gasteiger partial charge >= 0.3 is 0 Å². The van der Waals surface area contributed by atoms with Crippen LogP contribution >= 0.6 is 12.4 Å². The number of pyridine rings is 1. The number of aryl methyl sites for hydroxylation is 1. The maximum Gasteiger partial charge on any atom is 0.270 e. The van der Waals surface area contributed by atoms with Crippen LogP contribution in [-0.4, -0.2) is 70.3 Å². The van der Waals surface area contributed by atoms with E-state index in [1.807, 2.05) is 19.9 Å². The quantitative estimate of drug-likeness (QED) is 0.661. The van der Waals surface area contributed by atoms with Gasteiger partial charge in [0, 0.05) is 25.4 Å². The highest BCUT2D eigenvalue weighted by Crippen LogP contribution is 2.40. The highest BCUT2D eigenvalue weighted by atomic mass is 35.5. The summed E-state index contributed by atoms with van der Waals surface area (Å²) in [4.78, 5) is 30.4. The Labute approximate surface area is 171 Å². The van der Waals surface area contributed by atoms with Gasteiger partial charge in [0.2, 0.25) is 5.91 Å². The van der Waals surface area contributed by atoms with Crippen LogP contribution < -0.4 is 11.1 Å². The molecule has 2 amide bonds. The van der Waals surface area contributed by atoms with Crippen molar-refractivity contribution in [2.45, 2.75) is 50.4 Å². The van der Waals surface area contributed by atoms with E-state index in [0.29, 0.717) is 44.7 Å². The molecule has 9 heteroatoms. The number of halogens is 1. The first-order valence-electron chi connectivity index (χ1n) is 9.36. The molecule has 0 radical (unpaired) electrons. The number of aliphatic hydroxyl groups is 1. The number of nitrogens with two attached hydrogens (primary N) is 1. The van der Waals surface area contributed by atoms with E-state index in [4.69, 9.17) is 10.5 Å². The Balaban J connectivity index is 0.00000280. The number of hydrogen-bond acceptors (Lipinski definition) is 6. The fourth-order valence-electron chi connectivity index (χ4n) is 4.07. The molecule has 0 aliphatic carbocycles. The summed E-state index contributed by atoms with van der Waals surface area (Å²) in [5.41, 5.74) is 4.92. The Morgan fingerprint density at radius 2 is 2.04 bits per heavy atom. The maximum atomic E-state index is 12.7. The molecule has 3 rings (SSSR count). The van der Waals surface area contributed by atoms with Crippen LogP contribution in [0.1, 0.15) is 42.4 Å². The van der Waals surface area contributed by atoms with Gasteiger partial charge < -0.3 is 25.8 Å². The number of aliphatic hydroxyl groups excluding tert-OH is 1. The van der Waals surface area contributed by atoms with E-state index in [9.17, 15) is 14.7 Å². The topological polar surface area (TPSA) is 118 Å². The predicted molar refractivity (Wildman–Crippen MR) is 106 cm³/mol. The van der Waals surface area contributed by atoms with E-state index in [1.54, 1.807) is 17.0 Å². The van der Waals surface area contributed by atoms with E-state index < -0.39 is 17.2 Å². The Kier molecular flexibility index (Phi) is 7.03. The molecule has 8 nitrogen and oxygen atoms in total. The van der Waals surface area contributed by atoms with Crippen molar-refractivity contribution >= 4 is 24.2 Å². The number of nitrogens with one attached hydrogen (secondary N) is 1. The van der Waals surface area contributed by atoms with Crippen molar-refractivity contribution in [2.75, 3.05) is 26.2 Å². The van der Waals surface area contributed by atoms with Gasteiger partial charge in [0.15, 0.2) is 0 Å². The van der Waals surface area contributed by atoms with Crippen LogP contribution in [0.2, 0.25) is 0 Å². The normalized spacial score (nSPS) is 26.4. The van der Waals surface area contributed by atoms with Crippen molar-refractivity contribution in [3.63, 3.8) is 0 Å². The molecule has 0 saturated carbocycles. The number of carbonyl (C=O) groups is 2. The summed E-state index contributed by atoms with van der Waals surface area (Å²) >= 11 is 0. The summed E-state index contributed by atoms with van der Waals surface area (Å²) in [5, 5.41) is 14.1. The SMILES string of the molecule is Cc1cccc(C(=O)N[C@]2(C)CCOC3(CCN(C(=O)CN)CC3)[C@H]2O)n1.Cl. The lowest BCUT2D eigenvalue weighted by Crippen LogP contribution is -2.69. The average molecular weight is 413 g/mol. The molecule has 2 atom stereocenters. The van der Waals surface area contributed by atoms with Crippen molar-refractivity contribution in [3.8, 4) is 0 Å². The average Bonchev–Trinajstić information content (AvgIpc) is 2.66. The summed E-state index contributed by atoms with van der Waals surface area (Å²) in [5.74, 6) is -0.412. The molecule has 2 aliphatic rings. The van der Waals surface area contributed by atoms with Gasteiger partial charge in [-0.1, -0.05) is 6.07 Å². The van der Waals surface area contributed by atoms with E-state index in [0.717, 1.165) is 5.69 Å². The molecule has 0 bridgehead atoms. The van der Waals surface area contributed by atoms with Gasteiger partial charge in [0.25, 0.3) is 5.91 Å². The Hall–Kier alpha value is -1.74. The lowest BCUT2D eigenvalue weighted by Gasteiger charge is -2.53. The van der Waals surface area contributed by atoms with Crippen LogP contribution in [0.3, 0.4) is 0 Å². The summed E-state index contributed by atoms with van der Waals surface area (Å²) in [6, 6.07) is 5.27. The highest BCUT2D eigenvalue weighted by Gasteiger charge is 2.54. The van der Waals surface area contributed by atoms with Crippen LogP contribution in [0.15, 0.2) is 18.2 Å². The fraction of sp³-hybridized carbons (Fsp3) is 0.632. The van der Waals surface area contributed by atoms with Gasteiger partial charge in [0.05, 0.1) is 17.7 Å². The van der Waals surface area contributed by atoms with Crippen molar-refractivity contribution < 1.29 is 19.4 Å². The molecule has 1 aromatic heterocycles. The molecule has 2 aliphatic heterocycles. The number of carbonyl (C=O) groups excluding carboxylic acids is 2. The molecule has 28 heavy (non-hydrogen) atoms. The second kappa shape index (κ2) is 8.73. The van der Waals surface area contributed by atoms with Crippen LogP contribution in [0, 0.1) is 6.92 Å². The second-order valence-electron chi connectivity index (χ2n) is 7.69. The molecular weight excluding hydrogens is 384 g/mol. The number of amides is 2. The first-order valence-corrected chi connectivity index (χ1v) is 9.36. The van der Waals surface area contributed by atoms with Crippen LogP contribution in [0.4, 0.5) is 0 Å². The van der Waals surface area contributed by atoms with Crippen molar-refractivity contribution in [1.82, 2.24) is 15.2 Å². The van der Waals surface area contributed by atoms with Crippen molar-refractivity contribution in [1.29, 1.82) is 0 Å². The van der Waals surface area contributed by atoms with E-state index in [-0.39, 0.29) is 30.8 Å². The third kappa shape index (κ3) is 4.30. The lowest BCUT2D eigenvalue weighted by atomic mass is 9.73. The summed E-state index contributed by atoms with van der Waals surface area (Å²) in [6.07, 6.45) is 0.628. The van der Waals surface area contributed by atoms with Gasteiger partial charge in [0.1, 0.15) is 11.8 Å². The van der Waals surface area contributed by atoms with Crippen LogP contribution in [-0.2, 0) is 9.53 Å². The molecule has 1 spiro atoms. The zero-order valence-electron chi connectivity index (χ0n) is 16.3. The lowest BCUT2D eigenvalue weighted by molar-refractivity contribution is -0.205. The molecular formula is C19H29ClN4O4. The minimum Gasteiger partial charge on any atom is -0.388 e. The van der Waals surface area contributed by atoms with E-state index >= 15 is 0 Å². The smallest absolute Gasteiger partial charge is 0.270 e. The molecule has 0 aromatic carbocycles. The second-order valence-corrected chi connectivity index (χ2v) is 7.69. The number of hydrogen-bond donors (Lipinski definition) is 3. The van der Waals surface area contributed by atoms with Gasteiger partial charge in [-0.25, -0.2) is 4.98 Å². The molecule has 3 heterocycles. The molecule has 0 unspecified atom stereocenters. The monoisotopic (exact) mass is 412 g/mol. The summed E-state index contributed by atoms with van der Waals surface area (Å²) in [7, 11) is 0. The van der Waals surface area contributed by atoms with Gasteiger partial charge in [-0.05, 0) is 45.2 Å². The van der Waals surface area contributed by atoms with Gasteiger partial charge in [-0.15, -0.1) is 12.4 Å². The van der Waals surface area contributed by atoms with E-state index in [2.05, 4.69) is 10.3 Å². The van der Waals surface area contributed by atoms with E-state index in [1.165, 1.54) is 0 Å². The number of rotatable bonds is 3. The van der Waals surface area contributed by atoms with Crippen LogP contribution in [0.5, 0.6) is 0 Å². The largest absolute Gasteiger partial charge is 0.388 e. The minimum atomic E-state index is -0.886. The standard InChI is InChI=1S/C19H28N4O4.ClH/c1-13-4-3-5-14(21-13)16(25)22-18(2)8-11-27-19(17(18)26)6-9-23(10-7-19)15(24)12-20;/h3-5,17,26H,6-12,20H2,1-2H3,(H,22,25);1H/t17-,18+;/m0./s1. The van der Waals surface area contributed by atoms with Crippen molar-refractivity contribution in [2.24, 2.45) is 5.73 Å². The fourth-order valence-corrected chi connectivity index (χ4v) is 4.07. The van der Waals surface area contributed by atoms with Gasteiger partial charge in [-0.3, -0.25) is 9.59 Å². The van der Waals surface area contributed by atoms with Crippen molar-refractivity contribution in [3.05, 3.63) is 29.6 Å². The number of aromatic nitrogens is 1. The minimum absolute atomic E-state index is 0. The Morgan fingerprint density at radius 1 is 1.36 bits per heavy atom. The predicted octanol–water partition coefficient (Wildman–Crippen LogP) is 0.401. The molecule has 156 valence electrons. The zero-order valence-corrected chi connectivity index (χ0v) is 17.1. The first kappa shape index (κ1) is 22.5. The third-order valence-electron chi connectivity index (χ3n) is 5.77. The third-order valence-corrected chi connectivity index (χ3v) is 5.77. The zero-order chi connectivity index (χ0) is 19.7. The Bertz CT molecular complexity index is 724. The van der Waals surface area contributed by atoms with Crippen LogP contribution in [0.25, 0.3) is 0 Å². The number of likely N-dealkylation sites (tertiary alicyclic amines) is 1. The molecule has 4 N–H and O–H groups in total. The Morgan fingerprint density at radius 3 is 2.64 bits per heavy atom. The summed E-state index contributed by atoms with van der Waals surface area (Å²) < 4.78 is 6.00. The number of ether oxygens (including phenoxy) is 1. The maximum absolute atomic E-state index is 12.7. The molecule has 2 fully saturated rings. The number of piperidine rings is 1.